The summed E-state index contributed by atoms with van der Waals surface area (Å²) in [5, 5.41) is 3.01. The number of rotatable bonds is 6. The van der Waals surface area contributed by atoms with Gasteiger partial charge in [0.05, 0.1) is 13.2 Å². The predicted octanol–water partition coefficient (Wildman–Crippen LogP) is 5.47. The van der Waals surface area contributed by atoms with Crippen molar-refractivity contribution in [3.63, 3.8) is 0 Å². The molecule has 0 aliphatic carbocycles. The molecule has 0 N–H and O–H groups in total. The van der Waals surface area contributed by atoms with Crippen LogP contribution in [0.25, 0.3) is 16.3 Å². The van der Waals surface area contributed by atoms with Gasteiger partial charge >= 0.3 is 0 Å². The number of ether oxygens (including phenoxy) is 3. The molecule has 6 nitrogen and oxygen atoms in total. The Hall–Kier alpha value is -3.13. The molecule has 1 atom stereocenters. The molecule has 0 radical (unpaired) electrons. The Morgan fingerprint density at radius 2 is 2.09 bits per heavy atom. The fraction of sp³-hybridized carbons (Fsp3) is 0.321. The summed E-state index contributed by atoms with van der Waals surface area (Å²) in [6.45, 7) is 6.59. The summed E-state index contributed by atoms with van der Waals surface area (Å²) in [7, 11) is 0. The van der Waals surface area contributed by atoms with E-state index in [1.54, 1.807) is 11.3 Å². The van der Waals surface area contributed by atoms with E-state index in [1.807, 2.05) is 11.6 Å². The van der Waals surface area contributed by atoms with Gasteiger partial charge in [0, 0.05) is 55.1 Å². The Balaban J connectivity index is 1.34. The summed E-state index contributed by atoms with van der Waals surface area (Å²) in [6.07, 6.45) is 4.91. The minimum Gasteiger partial charge on any atom is -0.488 e. The van der Waals surface area contributed by atoms with Crippen LogP contribution in [0.1, 0.15) is 23.2 Å². The van der Waals surface area contributed by atoms with Crippen molar-refractivity contribution in [3.05, 3.63) is 83.1 Å². The van der Waals surface area contributed by atoms with Gasteiger partial charge in [-0.05, 0) is 47.9 Å². The Morgan fingerprint density at radius 3 is 2.91 bits per heavy atom. The molecule has 4 aromatic rings. The van der Waals surface area contributed by atoms with Gasteiger partial charge in [-0.15, -0.1) is 11.3 Å². The molecular formula is C28H29N3O3S. The van der Waals surface area contributed by atoms with E-state index in [4.69, 9.17) is 14.2 Å². The molecule has 0 bridgehead atoms. The van der Waals surface area contributed by atoms with E-state index in [2.05, 4.69) is 76.1 Å². The zero-order valence-electron chi connectivity index (χ0n) is 19.9. The molecule has 180 valence electrons. The van der Waals surface area contributed by atoms with Gasteiger partial charge in [-0.2, -0.15) is 0 Å². The van der Waals surface area contributed by atoms with Gasteiger partial charge in [-0.3, -0.25) is 9.47 Å². The number of nitrogens with zero attached hydrogens (tertiary/aromatic N) is 3. The SMILES string of the molecule is Cc1ccccc1-c1cc2c(c(OC3CCOC3)c1)OCCN(Cc1cccn1-c1nccs1)C2. The summed E-state index contributed by atoms with van der Waals surface area (Å²) >= 11 is 1.65. The zero-order valence-corrected chi connectivity index (χ0v) is 20.7. The van der Waals surface area contributed by atoms with E-state index in [1.165, 1.54) is 16.8 Å². The summed E-state index contributed by atoms with van der Waals surface area (Å²) in [6, 6.07) is 17.2. The van der Waals surface area contributed by atoms with E-state index in [0.29, 0.717) is 13.2 Å². The third-order valence-corrected chi connectivity index (χ3v) is 7.43. The fourth-order valence-corrected chi connectivity index (χ4v) is 5.55. The van der Waals surface area contributed by atoms with Crippen molar-refractivity contribution in [3.8, 4) is 27.8 Å². The molecule has 0 amide bonds. The number of thiazole rings is 1. The molecule has 2 aliphatic heterocycles. The monoisotopic (exact) mass is 487 g/mol. The first-order valence-electron chi connectivity index (χ1n) is 12.1. The number of hydrogen-bond donors (Lipinski definition) is 0. The average Bonchev–Trinajstić information content (AvgIpc) is 3.62. The molecule has 2 aromatic heterocycles. The summed E-state index contributed by atoms with van der Waals surface area (Å²) < 4.78 is 20.5. The normalized spacial score (nSPS) is 18.1. The van der Waals surface area contributed by atoms with Crippen LogP contribution in [0.15, 0.2) is 66.3 Å². The summed E-state index contributed by atoms with van der Waals surface area (Å²) in [5.74, 6) is 1.69. The second kappa shape index (κ2) is 9.85. The smallest absolute Gasteiger partial charge is 0.193 e. The molecule has 4 heterocycles. The fourth-order valence-electron chi connectivity index (χ4n) is 4.89. The number of benzene rings is 2. The first-order chi connectivity index (χ1) is 17.2. The second-order valence-electron chi connectivity index (χ2n) is 9.12. The molecule has 1 fully saturated rings. The molecular weight excluding hydrogens is 458 g/mol. The molecule has 1 saturated heterocycles. The number of hydrogen-bond acceptors (Lipinski definition) is 6. The summed E-state index contributed by atoms with van der Waals surface area (Å²) in [4.78, 5) is 6.93. The maximum absolute atomic E-state index is 6.46. The highest BCUT2D eigenvalue weighted by Crippen LogP contribution is 2.40. The van der Waals surface area contributed by atoms with Crippen molar-refractivity contribution in [2.75, 3.05) is 26.4 Å². The van der Waals surface area contributed by atoms with Crippen molar-refractivity contribution >= 4 is 11.3 Å². The van der Waals surface area contributed by atoms with Crippen LogP contribution in [0.5, 0.6) is 11.5 Å². The lowest BCUT2D eigenvalue weighted by atomic mass is 9.97. The second-order valence-corrected chi connectivity index (χ2v) is 10.00. The van der Waals surface area contributed by atoms with Crippen molar-refractivity contribution < 1.29 is 14.2 Å². The maximum Gasteiger partial charge on any atom is 0.193 e. The number of aryl methyl sites for hydroxylation is 1. The predicted molar refractivity (Wildman–Crippen MR) is 138 cm³/mol. The van der Waals surface area contributed by atoms with Gasteiger partial charge < -0.3 is 14.2 Å². The molecule has 1 unspecified atom stereocenters. The quantitative estimate of drug-likeness (QED) is 0.361. The van der Waals surface area contributed by atoms with Gasteiger partial charge in [-0.25, -0.2) is 4.98 Å². The van der Waals surface area contributed by atoms with Crippen LogP contribution in [-0.2, 0) is 17.8 Å². The van der Waals surface area contributed by atoms with Gasteiger partial charge in [0.15, 0.2) is 16.6 Å². The molecule has 0 saturated carbocycles. The van der Waals surface area contributed by atoms with Crippen LogP contribution in [0.2, 0.25) is 0 Å². The Kier molecular flexibility index (Phi) is 6.29. The van der Waals surface area contributed by atoms with Gasteiger partial charge in [0.25, 0.3) is 0 Å². The average molecular weight is 488 g/mol. The van der Waals surface area contributed by atoms with Crippen LogP contribution < -0.4 is 9.47 Å². The van der Waals surface area contributed by atoms with E-state index in [9.17, 15) is 0 Å². The van der Waals surface area contributed by atoms with Crippen molar-refractivity contribution in [1.29, 1.82) is 0 Å². The molecule has 2 aliphatic rings. The molecule has 7 heteroatoms. The lowest BCUT2D eigenvalue weighted by Gasteiger charge is -2.21. The lowest BCUT2D eigenvalue weighted by molar-refractivity contribution is 0.137. The van der Waals surface area contributed by atoms with Gasteiger partial charge in [-0.1, -0.05) is 24.3 Å². The van der Waals surface area contributed by atoms with Crippen LogP contribution >= 0.6 is 11.3 Å². The number of fused-ring (bicyclic) bond motifs is 1. The van der Waals surface area contributed by atoms with E-state index in [0.717, 1.165) is 60.4 Å². The lowest BCUT2D eigenvalue weighted by Crippen LogP contribution is -2.26. The van der Waals surface area contributed by atoms with Gasteiger partial charge in [0.1, 0.15) is 12.7 Å². The highest BCUT2D eigenvalue weighted by molar-refractivity contribution is 7.12. The first-order valence-corrected chi connectivity index (χ1v) is 13.0. The molecule has 0 spiro atoms. The minimum absolute atomic E-state index is 0.0655. The number of aromatic nitrogens is 2. The topological polar surface area (TPSA) is 48.8 Å². The largest absolute Gasteiger partial charge is 0.488 e. The maximum atomic E-state index is 6.46. The van der Waals surface area contributed by atoms with E-state index in [-0.39, 0.29) is 6.10 Å². The Bertz CT molecular complexity index is 1290. The third-order valence-electron chi connectivity index (χ3n) is 6.66. The molecule has 35 heavy (non-hydrogen) atoms. The van der Waals surface area contributed by atoms with Crippen molar-refractivity contribution in [2.45, 2.75) is 32.5 Å². The van der Waals surface area contributed by atoms with Crippen molar-refractivity contribution in [2.24, 2.45) is 0 Å². The van der Waals surface area contributed by atoms with Crippen LogP contribution in [0.4, 0.5) is 0 Å². The van der Waals surface area contributed by atoms with Crippen LogP contribution in [0.3, 0.4) is 0 Å². The minimum atomic E-state index is 0.0655. The third kappa shape index (κ3) is 4.72. The summed E-state index contributed by atoms with van der Waals surface area (Å²) in [5.41, 5.74) is 6.00. The van der Waals surface area contributed by atoms with E-state index >= 15 is 0 Å². The van der Waals surface area contributed by atoms with Gasteiger partial charge in [0.2, 0.25) is 0 Å². The van der Waals surface area contributed by atoms with Crippen LogP contribution in [0, 0.1) is 6.92 Å². The standard InChI is InChI=1S/C28H29N3O3S/c1-20-5-2-3-7-25(20)21-15-22-17-30(18-23-6-4-10-31(23)28-29-9-14-35-28)11-13-33-27(22)26(16-21)34-24-8-12-32-19-24/h2-7,9-10,14-16,24H,8,11-13,17-19H2,1H3. The zero-order chi connectivity index (χ0) is 23.6. The molecule has 6 rings (SSSR count). The highest BCUT2D eigenvalue weighted by atomic mass is 32.1. The van der Waals surface area contributed by atoms with Crippen LogP contribution in [-0.4, -0.2) is 46.9 Å². The molecule has 2 aromatic carbocycles. The Labute approximate surface area is 209 Å². The van der Waals surface area contributed by atoms with Crippen molar-refractivity contribution in [1.82, 2.24) is 14.5 Å². The Morgan fingerprint density at radius 1 is 1.14 bits per heavy atom. The first kappa shape index (κ1) is 22.3. The highest BCUT2D eigenvalue weighted by Gasteiger charge is 2.25. The van der Waals surface area contributed by atoms with E-state index < -0.39 is 0 Å².